The molecule has 0 saturated carbocycles. The van der Waals surface area contributed by atoms with Crippen LogP contribution in [0.25, 0.3) is 21.8 Å². The lowest BCUT2D eigenvalue weighted by atomic mass is 10.0. The number of carbonyl (C=O) groups excluding carboxylic acids is 9. The quantitative estimate of drug-likeness (QED) is 0.0297. The zero-order chi connectivity index (χ0) is 58.6. The highest BCUT2D eigenvalue weighted by molar-refractivity contribution is 7.98. The van der Waals surface area contributed by atoms with Crippen molar-refractivity contribution in [2.24, 2.45) is 11.5 Å². The maximum absolute atomic E-state index is 14.5. The molecule has 6 aromatic rings. The van der Waals surface area contributed by atoms with Crippen molar-refractivity contribution in [2.45, 2.75) is 80.8 Å². The normalized spacial score (nSPS) is 13.6. The number of para-hydroxylation sites is 2. The molecule has 5 unspecified atom stereocenters. The van der Waals surface area contributed by atoms with E-state index in [0.29, 0.717) is 44.6 Å². The maximum atomic E-state index is 14.5. The van der Waals surface area contributed by atoms with Crippen molar-refractivity contribution in [3.8, 4) is 5.75 Å². The van der Waals surface area contributed by atoms with Gasteiger partial charge < -0.3 is 74.3 Å². The van der Waals surface area contributed by atoms with E-state index in [4.69, 9.17) is 11.5 Å². The Hall–Kier alpha value is -9.56. The minimum atomic E-state index is -1.88. The fourth-order valence-corrected chi connectivity index (χ4v) is 8.99. The average molecular weight is 1130 g/mol. The van der Waals surface area contributed by atoms with Gasteiger partial charge >= 0.3 is 12.0 Å². The van der Waals surface area contributed by atoms with Crippen molar-refractivity contribution in [2.75, 3.05) is 23.9 Å². The van der Waals surface area contributed by atoms with Gasteiger partial charge in [0.05, 0.1) is 30.7 Å². The SMILES string of the molecule is CSCCC(NC(=O)N[C@H](Cc1ccc(O)cc1)C(=O)NC(CC(N)=O)C(=O)NC(Cc1c[nH]c2ccccc12)C(=O)NC(CC(N)=O)C(=O)NC(CO)C(=O)N[C@@H](Cc1ccccc1)C(=O)O)C(=O)Nc1cccc2cccnc12. The number of amides is 10. The number of fused-ring (bicyclic) bond motifs is 2. The number of benzene rings is 4. The number of aromatic hydroxyl groups is 1. The molecule has 81 heavy (non-hydrogen) atoms. The van der Waals surface area contributed by atoms with Gasteiger partial charge in [0.25, 0.3) is 0 Å². The van der Waals surface area contributed by atoms with Crippen LogP contribution in [0.3, 0.4) is 0 Å². The maximum Gasteiger partial charge on any atom is 0.326 e. The molecule has 0 saturated heterocycles. The third-order valence-electron chi connectivity index (χ3n) is 12.6. The number of phenols is 1. The first-order valence-corrected chi connectivity index (χ1v) is 26.7. The Balaban J connectivity index is 1.23. The zero-order valence-electron chi connectivity index (χ0n) is 43.7. The number of nitrogens with one attached hydrogen (secondary N) is 9. The van der Waals surface area contributed by atoms with E-state index < -0.39 is 121 Å². The number of nitrogens with zero attached hydrogens (tertiary/aromatic N) is 1. The predicted molar refractivity (Wildman–Crippen MR) is 299 cm³/mol. The number of H-pyrrole nitrogens is 1. The third-order valence-corrected chi connectivity index (χ3v) is 13.3. The number of pyridine rings is 1. The number of carboxylic acid groups (broad SMARTS) is 1. The number of aliphatic carboxylic acids is 1. The number of urea groups is 1. The summed E-state index contributed by atoms with van der Waals surface area (Å²) in [4.78, 5) is 143. The van der Waals surface area contributed by atoms with Crippen LogP contribution in [-0.2, 0) is 62.4 Å². The van der Waals surface area contributed by atoms with Crippen molar-refractivity contribution >= 4 is 98.5 Å². The number of aromatic nitrogens is 2. The summed E-state index contributed by atoms with van der Waals surface area (Å²) >= 11 is 1.41. The number of anilines is 1. The van der Waals surface area contributed by atoms with Crippen LogP contribution in [0.5, 0.6) is 5.75 Å². The fourth-order valence-electron chi connectivity index (χ4n) is 8.52. The lowest BCUT2D eigenvalue weighted by Crippen LogP contribution is -2.61. The molecular formula is C55H62N12O13S. The van der Waals surface area contributed by atoms with Gasteiger partial charge in [-0.05, 0) is 65.5 Å². The third kappa shape index (κ3) is 18.0. The fraction of sp³-hybridized carbons (Fsp3) is 0.291. The summed E-state index contributed by atoms with van der Waals surface area (Å²) in [7, 11) is 0. The molecule has 16 N–H and O–H groups in total. The monoisotopic (exact) mass is 1130 g/mol. The van der Waals surface area contributed by atoms with E-state index in [1.807, 2.05) is 18.4 Å². The number of phenolic OH excluding ortho intramolecular Hbond substituents is 1. The second kappa shape index (κ2) is 29.4. The number of rotatable bonds is 29. The Morgan fingerprint density at radius 3 is 1.73 bits per heavy atom. The number of aliphatic hydroxyl groups excluding tert-OH is 1. The van der Waals surface area contributed by atoms with Gasteiger partial charge in [-0.2, -0.15) is 11.8 Å². The molecule has 0 aliphatic carbocycles. The molecule has 25 nitrogen and oxygen atoms in total. The van der Waals surface area contributed by atoms with Crippen molar-refractivity contribution in [3.63, 3.8) is 0 Å². The number of aliphatic hydroxyl groups is 1. The Bertz CT molecular complexity index is 3230. The van der Waals surface area contributed by atoms with Gasteiger partial charge in [-0.15, -0.1) is 0 Å². The molecule has 0 radical (unpaired) electrons. The summed E-state index contributed by atoms with van der Waals surface area (Å²) in [6, 6.07) is 17.2. The Kier molecular flexibility index (Phi) is 22.0. The van der Waals surface area contributed by atoms with E-state index >= 15 is 0 Å². The van der Waals surface area contributed by atoms with E-state index in [0.717, 1.165) is 5.39 Å². The van der Waals surface area contributed by atoms with Crippen LogP contribution in [0.4, 0.5) is 10.5 Å². The van der Waals surface area contributed by atoms with E-state index in [1.165, 1.54) is 36.0 Å². The molecule has 426 valence electrons. The first-order chi connectivity index (χ1) is 38.8. The zero-order valence-corrected chi connectivity index (χ0v) is 44.5. The Labute approximate surface area is 467 Å². The molecule has 0 spiro atoms. The number of carboxylic acids is 1. The van der Waals surface area contributed by atoms with Crippen LogP contribution >= 0.6 is 11.8 Å². The summed E-state index contributed by atoms with van der Waals surface area (Å²) < 4.78 is 0. The van der Waals surface area contributed by atoms with E-state index in [9.17, 15) is 63.3 Å². The van der Waals surface area contributed by atoms with Crippen molar-refractivity contribution in [1.82, 2.24) is 47.2 Å². The number of thioether (sulfide) groups is 1. The summed E-state index contributed by atoms with van der Waals surface area (Å²) in [5.74, 6) is -9.58. The Morgan fingerprint density at radius 1 is 0.568 bits per heavy atom. The molecule has 2 aromatic heterocycles. The second-order valence-electron chi connectivity index (χ2n) is 18.7. The topological polar surface area (TPSA) is 408 Å². The largest absolute Gasteiger partial charge is 0.508 e. The number of aromatic amines is 1. The van der Waals surface area contributed by atoms with Gasteiger partial charge in [0.1, 0.15) is 48.0 Å². The first kappa shape index (κ1) is 60.7. The predicted octanol–water partition coefficient (Wildman–Crippen LogP) is 0.129. The van der Waals surface area contributed by atoms with Crippen LogP contribution in [0, 0.1) is 0 Å². The number of hydrogen-bond acceptors (Lipinski definition) is 14. The van der Waals surface area contributed by atoms with E-state index in [-0.39, 0.29) is 31.4 Å². The highest BCUT2D eigenvalue weighted by Gasteiger charge is 2.35. The molecule has 4 aromatic carbocycles. The molecule has 6 rings (SSSR count). The molecule has 0 aliphatic rings. The van der Waals surface area contributed by atoms with Gasteiger partial charge in [0.15, 0.2) is 0 Å². The lowest BCUT2D eigenvalue weighted by Gasteiger charge is -2.27. The van der Waals surface area contributed by atoms with Gasteiger partial charge in [-0.1, -0.05) is 78.9 Å². The molecular weight excluding hydrogens is 1070 g/mol. The summed E-state index contributed by atoms with van der Waals surface area (Å²) in [6.07, 6.45) is 2.56. The standard InChI is InChI=1S/C55H62N12O13S/c1-81-22-20-38(48(72)60-37-15-7-11-32-12-8-21-58-47(32)37)66-55(80)67-39(23-31-16-18-34(69)19-17-31)49(73)62-41(26-45(56)70)51(75)61-40(25-33-28-59-36-14-6-5-13-35(33)36)50(74)63-42(27-46(57)71)52(76)65-44(29-68)53(77)64-43(54(78)79)24-30-9-3-2-4-10-30/h2-19,21,28,38-44,59,68-69H,20,22-27,29H2,1H3,(H2,56,70)(H2,57,71)(H,60,72)(H,61,75)(H,62,73)(H,63,74)(H,64,77)(H,65,76)(H,78,79)(H2,66,67,80)/t38?,39-,40?,41?,42?,43+,44?/m1/s1. The molecule has 0 aliphatic heterocycles. The minimum absolute atomic E-state index is 0.108. The lowest BCUT2D eigenvalue weighted by molar-refractivity contribution is -0.142. The Morgan fingerprint density at radius 2 is 1.10 bits per heavy atom. The second-order valence-corrected chi connectivity index (χ2v) is 19.7. The number of carbonyl (C=O) groups is 10. The average Bonchev–Trinajstić information content (AvgIpc) is 3.89. The highest BCUT2D eigenvalue weighted by atomic mass is 32.2. The number of hydrogen-bond donors (Lipinski definition) is 14. The van der Waals surface area contributed by atoms with E-state index in [2.05, 4.69) is 52.5 Å². The van der Waals surface area contributed by atoms with Gasteiger partial charge in [0, 0.05) is 47.9 Å². The van der Waals surface area contributed by atoms with Crippen molar-refractivity contribution < 1.29 is 63.3 Å². The van der Waals surface area contributed by atoms with Crippen LogP contribution in [-0.4, -0.2) is 145 Å². The van der Waals surface area contributed by atoms with Crippen LogP contribution in [0.15, 0.2) is 122 Å². The number of nitrogens with two attached hydrogens (primary N) is 2. The summed E-state index contributed by atoms with van der Waals surface area (Å²) in [5.41, 5.74) is 14.0. The summed E-state index contributed by atoms with van der Waals surface area (Å²) in [6.45, 7) is -1.06. The van der Waals surface area contributed by atoms with Crippen LogP contribution in [0.1, 0.15) is 36.0 Å². The molecule has 0 bridgehead atoms. The van der Waals surface area contributed by atoms with Gasteiger partial charge in [0.2, 0.25) is 47.3 Å². The highest BCUT2D eigenvalue weighted by Crippen LogP contribution is 2.22. The van der Waals surface area contributed by atoms with Gasteiger partial charge in [-0.3, -0.25) is 43.3 Å². The van der Waals surface area contributed by atoms with Crippen LogP contribution < -0.4 is 54.0 Å². The molecule has 26 heteroatoms. The molecule has 0 fully saturated rings. The molecule has 7 atom stereocenters. The first-order valence-electron chi connectivity index (χ1n) is 25.3. The van der Waals surface area contributed by atoms with E-state index in [1.54, 1.807) is 85.2 Å². The molecule has 10 amide bonds. The van der Waals surface area contributed by atoms with Crippen LogP contribution in [0.2, 0.25) is 0 Å². The van der Waals surface area contributed by atoms with Crippen molar-refractivity contribution in [3.05, 3.63) is 138 Å². The minimum Gasteiger partial charge on any atom is -0.508 e. The number of primary amides is 2. The van der Waals surface area contributed by atoms with Gasteiger partial charge in [-0.25, -0.2) is 9.59 Å². The molecule has 2 heterocycles. The summed E-state index contributed by atoms with van der Waals surface area (Å²) in [5, 5.41) is 51.1. The van der Waals surface area contributed by atoms with Crippen molar-refractivity contribution in [1.29, 1.82) is 0 Å². The smallest absolute Gasteiger partial charge is 0.326 e.